The fourth-order valence-corrected chi connectivity index (χ4v) is 3.72. The Bertz CT molecular complexity index is 587. The normalized spacial score (nSPS) is 10.6. The number of nitrogens with one attached hydrogen (secondary N) is 1. The van der Waals surface area contributed by atoms with Crippen LogP contribution in [0.1, 0.15) is 10.4 Å². The summed E-state index contributed by atoms with van der Waals surface area (Å²) >= 11 is 8.83. The van der Waals surface area contributed by atoms with Gasteiger partial charge in [-0.15, -0.1) is 11.3 Å². The molecule has 0 radical (unpaired) electrons. The van der Waals surface area contributed by atoms with Crippen LogP contribution in [0, 0.1) is 0 Å². The van der Waals surface area contributed by atoms with Crippen LogP contribution in [0.2, 0.25) is 0 Å². The van der Waals surface area contributed by atoms with Crippen LogP contribution < -0.4 is 14.8 Å². The lowest BCUT2D eigenvalue weighted by atomic mass is 10.2. The van der Waals surface area contributed by atoms with E-state index in [1.807, 2.05) is 12.1 Å². The van der Waals surface area contributed by atoms with Crippen LogP contribution in [-0.2, 0) is 13.1 Å². The number of hydrogen-bond donors (Lipinski definition) is 1. The minimum atomic E-state index is 0.726. The van der Waals surface area contributed by atoms with Gasteiger partial charge in [0.2, 0.25) is 0 Å². The predicted octanol–water partition coefficient (Wildman–Crippen LogP) is 4.58. The first-order chi connectivity index (χ1) is 9.65. The molecular formula is C14H15Br2NO2S. The molecule has 0 fully saturated rings. The zero-order valence-corrected chi connectivity index (χ0v) is 15.2. The topological polar surface area (TPSA) is 30.5 Å². The zero-order chi connectivity index (χ0) is 14.5. The van der Waals surface area contributed by atoms with Crippen LogP contribution in [0.25, 0.3) is 0 Å². The summed E-state index contributed by atoms with van der Waals surface area (Å²) in [4.78, 5) is 1.29. The molecule has 0 aliphatic heterocycles. The summed E-state index contributed by atoms with van der Waals surface area (Å²) in [6, 6.07) is 5.98. The van der Waals surface area contributed by atoms with Crippen LogP contribution >= 0.6 is 43.2 Å². The minimum absolute atomic E-state index is 0.726. The molecule has 0 saturated carbocycles. The Morgan fingerprint density at radius 1 is 1.05 bits per heavy atom. The molecule has 1 aromatic carbocycles. The van der Waals surface area contributed by atoms with Crippen LogP contribution in [0.3, 0.4) is 0 Å². The highest BCUT2D eigenvalue weighted by atomic mass is 79.9. The molecule has 1 aromatic heterocycles. The fraction of sp³-hybridized carbons (Fsp3) is 0.286. The average molecular weight is 421 g/mol. The third-order valence-corrected chi connectivity index (χ3v) is 5.51. The van der Waals surface area contributed by atoms with Gasteiger partial charge in [0.1, 0.15) is 0 Å². The number of hydrogen-bond acceptors (Lipinski definition) is 4. The standard InChI is InChI=1S/C14H15Br2NO2S/c1-18-12-5-9(11(16)6-13(12)19-2)7-17-8-14-10(15)3-4-20-14/h3-6,17H,7-8H2,1-2H3. The summed E-state index contributed by atoms with van der Waals surface area (Å²) in [6.45, 7) is 1.59. The Balaban J connectivity index is 2.04. The first-order valence-electron chi connectivity index (χ1n) is 5.98. The lowest BCUT2D eigenvalue weighted by Crippen LogP contribution is -2.12. The summed E-state index contributed by atoms with van der Waals surface area (Å²) in [7, 11) is 3.28. The van der Waals surface area contributed by atoms with Crippen LogP contribution in [-0.4, -0.2) is 14.2 Å². The number of thiophene rings is 1. The first-order valence-corrected chi connectivity index (χ1v) is 8.45. The lowest BCUT2D eigenvalue weighted by Gasteiger charge is -2.12. The summed E-state index contributed by atoms with van der Waals surface area (Å²) < 4.78 is 12.8. The smallest absolute Gasteiger partial charge is 0.161 e. The van der Waals surface area contributed by atoms with Gasteiger partial charge in [-0.2, -0.15) is 0 Å². The van der Waals surface area contributed by atoms with E-state index in [4.69, 9.17) is 9.47 Å². The van der Waals surface area contributed by atoms with Gasteiger partial charge in [-0.05, 0) is 45.1 Å². The van der Waals surface area contributed by atoms with E-state index in [2.05, 4.69) is 48.6 Å². The highest BCUT2D eigenvalue weighted by Gasteiger charge is 2.09. The molecule has 6 heteroatoms. The van der Waals surface area contributed by atoms with Gasteiger partial charge in [0.25, 0.3) is 0 Å². The van der Waals surface area contributed by atoms with Gasteiger partial charge in [-0.3, -0.25) is 0 Å². The molecule has 0 saturated heterocycles. The van der Waals surface area contributed by atoms with Gasteiger partial charge in [-0.1, -0.05) is 15.9 Å². The van der Waals surface area contributed by atoms with E-state index in [1.165, 1.54) is 4.88 Å². The second kappa shape index (κ2) is 7.45. The minimum Gasteiger partial charge on any atom is -0.493 e. The molecule has 2 rings (SSSR count). The molecule has 0 atom stereocenters. The summed E-state index contributed by atoms with van der Waals surface area (Å²) in [5.74, 6) is 1.47. The molecule has 108 valence electrons. The van der Waals surface area contributed by atoms with Crippen LogP contribution in [0.15, 0.2) is 32.5 Å². The molecule has 1 N–H and O–H groups in total. The summed E-state index contributed by atoms with van der Waals surface area (Å²) in [5, 5.41) is 5.51. The molecule has 3 nitrogen and oxygen atoms in total. The number of ether oxygens (including phenoxy) is 2. The lowest BCUT2D eigenvalue weighted by molar-refractivity contribution is 0.354. The molecule has 0 unspecified atom stereocenters. The Hall–Kier alpha value is -0.560. The van der Waals surface area contributed by atoms with Crippen molar-refractivity contribution in [2.75, 3.05) is 14.2 Å². The van der Waals surface area contributed by atoms with E-state index in [0.29, 0.717) is 0 Å². The largest absolute Gasteiger partial charge is 0.493 e. The van der Waals surface area contributed by atoms with Gasteiger partial charge in [-0.25, -0.2) is 0 Å². The molecule has 0 aliphatic rings. The molecule has 0 amide bonds. The summed E-state index contributed by atoms with van der Waals surface area (Å²) in [5.41, 5.74) is 1.13. The van der Waals surface area contributed by atoms with Crippen molar-refractivity contribution in [2.24, 2.45) is 0 Å². The number of methoxy groups -OCH3 is 2. The Kier molecular flexibility index (Phi) is 5.89. The maximum Gasteiger partial charge on any atom is 0.161 e. The van der Waals surface area contributed by atoms with Crippen molar-refractivity contribution in [1.29, 1.82) is 0 Å². The van der Waals surface area contributed by atoms with E-state index in [1.54, 1.807) is 25.6 Å². The van der Waals surface area contributed by atoms with Gasteiger partial charge in [0.15, 0.2) is 11.5 Å². The molecule has 0 spiro atoms. The first kappa shape index (κ1) is 15.8. The van der Waals surface area contributed by atoms with Gasteiger partial charge >= 0.3 is 0 Å². The molecular weight excluding hydrogens is 406 g/mol. The highest BCUT2D eigenvalue weighted by Crippen LogP contribution is 2.33. The second-order valence-corrected chi connectivity index (χ2v) is 6.80. The maximum absolute atomic E-state index is 5.32. The Morgan fingerprint density at radius 3 is 2.35 bits per heavy atom. The Labute approximate surface area is 139 Å². The third-order valence-electron chi connectivity index (χ3n) is 2.84. The van der Waals surface area contributed by atoms with Crippen molar-refractivity contribution in [3.05, 3.63) is 43.0 Å². The molecule has 0 aliphatic carbocycles. The van der Waals surface area contributed by atoms with E-state index in [9.17, 15) is 0 Å². The highest BCUT2D eigenvalue weighted by molar-refractivity contribution is 9.10. The van der Waals surface area contributed by atoms with E-state index < -0.39 is 0 Å². The van der Waals surface area contributed by atoms with E-state index in [0.717, 1.165) is 39.1 Å². The van der Waals surface area contributed by atoms with Gasteiger partial charge in [0, 0.05) is 26.9 Å². The van der Waals surface area contributed by atoms with Crippen molar-refractivity contribution >= 4 is 43.2 Å². The second-order valence-electron chi connectivity index (χ2n) is 4.09. The van der Waals surface area contributed by atoms with Crippen LogP contribution in [0.4, 0.5) is 0 Å². The predicted molar refractivity (Wildman–Crippen MR) is 89.8 cm³/mol. The fourth-order valence-electron chi connectivity index (χ4n) is 1.79. The molecule has 2 aromatic rings. The number of rotatable bonds is 6. The van der Waals surface area contributed by atoms with Gasteiger partial charge < -0.3 is 14.8 Å². The zero-order valence-electron chi connectivity index (χ0n) is 11.2. The quantitative estimate of drug-likeness (QED) is 0.741. The SMILES string of the molecule is COc1cc(Br)c(CNCc2sccc2Br)cc1OC. The average Bonchev–Trinajstić information content (AvgIpc) is 2.85. The van der Waals surface area contributed by atoms with Gasteiger partial charge in [0.05, 0.1) is 14.2 Å². The number of halogens is 2. The van der Waals surface area contributed by atoms with E-state index >= 15 is 0 Å². The van der Waals surface area contributed by atoms with Crippen molar-refractivity contribution < 1.29 is 9.47 Å². The molecule has 1 heterocycles. The maximum atomic E-state index is 5.32. The molecule has 20 heavy (non-hydrogen) atoms. The van der Waals surface area contributed by atoms with Crippen molar-refractivity contribution in [3.8, 4) is 11.5 Å². The Morgan fingerprint density at radius 2 is 1.75 bits per heavy atom. The molecule has 0 bridgehead atoms. The van der Waals surface area contributed by atoms with E-state index in [-0.39, 0.29) is 0 Å². The van der Waals surface area contributed by atoms with Crippen molar-refractivity contribution in [2.45, 2.75) is 13.1 Å². The van der Waals surface area contributed by atoms with Crippen LogP contribution in [0.5, 0.6) is 11.5 Å². The summed E-state index contributed by atoms with van der Waals surface area (Å²) in [6.07, 6.45) is 0. The van der Waals surface area contributed by atoms with Crippen molar-refractivity contribution in [3.63, 3.8) is 0 Å². The third kappa shape index (κ3) is 3.75. The van der Waals surface area contributed by atoms with Crippen molar-refractivity contribution in [1.82, 2.24) is 5.32 Å². The number of benzene rings is 1. The monoisotopic (exact) mass is 419 g/mol.